The predicted octanol–water partition coefficient (Wildman–Crippen LogP) is 5.37. The van der Waals surface area contributed by atoms with Crippen LogP contribution in [0.2, 0.25) is 0 Å². The molecular weight excluding hydrogens is 356 g/mol. The van der Waals surface area contributed by atoms with Crippen molar-refractivity contribution in [2.45, 2.75) is 6.04 Å². The lowest BCUT2D eigenvalue weighted by molar-refractivity contribution is 0.678. The number of aromatic nitrogens is 4. The second-order valence-electron chi connectivity index (χ2n) is 6.89. The Bertz CT molecular complexity index is 1180. The molecule has 0 fully saturated rings. The third kappa shape index (κ3) is 3.25. The van der Waals surface area contributed by atoms with E-state index in [-0.39, 0.29) is 6.04 Å². The highest BCUT2D eigenvalue weighted by Gasteiger charge is 2.24. The van der Waals surface area contributed by atoms with Gasteiger partial charge in [-0.2, -0.15) is 5.10 Å². The molecule has 5 rings (SSSR count). The summed E-state index contributed by atoms with van der Waals surface area (Å²) >= 11 is 0. The Kier molecular flexibility index (Phi) is 4.51. The molecule has 1 atom stereocenters. The van der Waals surface area contributed by atoms with E-state index in [0.29, 0.717) is 0 Å². The molecule has 0 N–H and O–H groups in total. The van der Waals surface area contributed by atoms with Gasteiger partial charge >= 0.3 is 0 Å². The second-order valence-corrected chi connectivity index (χ2v) is 6.89. The maximum atomic E-state index is 4.80. The molecule has 3 aromatic carbocycles. The predicted molar refractivity (Wildman–Crippen MR) is 115 cm³/mol. The van der Waals surface area contributed by atoms with Crippen molar-refractivity contribution in [1.82, 2.24) is 19.3 Å². The van der Waals surface area contributed by atoms with Gasteiger partial charge in [-0.1, -0.05) is 78.9 Å². The fourth-order valence-corrected chi connectivity index (χ4v) is 3.78. The highest BCUT2D eigenvalue weighted by molar-refractivity contribution is 5.67. The van der Waals surface area contributed by atoms with E-state index < -0.39 is 0 Å². The zero-order valence-electron chi connectivity index (χ0n) is 15.8. The van der Waals surface area contributed by atoms with Crippen molar-refractivity contribution < 1.29 is 0 Å². The van der Waals surface area contributed by atoms with E-state index in [1.54, 1.807) is 0 Å². The first-order valence-corrected chi connectivity index (χ1v) is 9.63. The normalized spacial score (nSPS) is 12.0. The second kappa shape index (κ2) is 7.60. The van der Waals surface area contributed by atoms with Gasteiger partial charge in [0.15, 0.2) is 0 Å². The van der Waals surface area contributed by atoms with Crippen molar-refractivity contribution >= 4 is 0 Å². The van der Waals surface area contributed by atoms with Gasteiger partial charge in [0.25, 0.3) is 0 Å². The number of nitrogens with zero attached hydrogens (tertiary/aromatic N) is 4. The van der Waals surface area contributed by atoms with Crippen LogP contribution >= 0.6 is 0 Å². The molecule has 29 heavy (non-hydrogen) atoms. The molecule has 0 saturated carbocycles. The third-order valence-electron chi connectivity index (χ3n) is 5.08. The van der Waals surface area contributed by atoms with Crippen molar-refractivity contribution in [3.8, 4) is 16.9 Å². The van der Waals surface area contributed by atoms with Gasteiger partial charge in [0.05, 0.1) is 29.9 Å². The molecule has 4 nitrogen and oxygen atoms in total. The molecule has 140 valence electrons. The van der Waals surface area contributed by atoms with Crippen molar-refractivity contribution in [2.75, 3.05) is 0 Å². The molecule has 0 spiro atoms. The Morgan fingerprint density at radius 1 is 0.724 bits per heavy atom. The van der Waals surface area contributed by atoms with Gasteiger partial charge < -0.3 is 4.57 Å². The van der Waals surface area contributed by atoms with Gasteiger partial charge in [0.1, 0.15) is 0 Å². The van der Waals surface area contributed by atoms with E-state index in [1.165, 1.54) is 5.56 Å². The molecule has 0 radical (unpaired) electrons. The summed E-state index contributed by atoms with van der Waals surface area (Å²) in [5, 5.41) is 4.80. The molecule has 0 aliphatic heterocycles. The van der Waals surface area contributed by atoms with Crippen molar-refractivity contribution in [3.63, 3.8) is 0 Å². The van der Waals surface area contributed by atoms with Gasteiger partial charge in [-0.3, -0.25) is 0 Å². The highest BCUT2D eigenvalue weighted by atomic mass is 15.3. The zero-order valence-corrected chi connectivity index (χ0v) is 15.8. The number of imidazole rings is 1. The van der Waals surface area contributed by atoms with Crippen LogP contribution in [0, 0.1) is 0 Å². The summed E-state index contributed by atoms with van der Waals surface area (Å²) in [6, 6.07) is 31.2. The zero-order chi connectivity index (χ0) is 19.5. The maximum absolute atomic E-state index is 4.80. The van der Waals surface area contributed by atoms with Crippen LogP contribution in [0.5, 0.6) is 0 Å². The number of rotatable bonds is 5. The third-order valence-corrected chi connectivity index (χ3v) is 5.08. The molecule has 0 saturated heterocycles. The van der Waals surface area contributed by atoms with E-state index >= 15 is 0 Å². The number of para-hydroxylation sites is 1. The SMILES string of the molecule is c1ccc(-c2c(C(c3ccccc3)n3ccnc3)cnn2-c2ccccc2)cc1. The summed E-state index contributed by atoms with van der Waals surface area (Å²) in [7, 11) is 0. The molecule has 0 aliphatic rings. The largest absolute Gasteiger partial charge is 0.326 e. The molecule has 0 amide bonds. The highest BCUT2D eigenvalue weighted by Crippen LogP contribution is 2.35. The molecule has 5 aromatic rings. The minimum atomic E-state index is -0.0219. The first-order chi connectivity index (χ1) is 14.4. The average Bonchev–Trinajstić information content (AvgIpc) is 3.47. The lowest BCUT2D eigenvalue weighted by Gasteiger charge is -2.20. The molecule has 4 heteroatoms. The Labute approximate surface area is 169 Å². The molecule has 2 aromatic heterocycles. The molecule has 0 aliphatic carbocycles. The number of benzene rings is 3. The van der Waals surface area contributed by atoms with Gasteiger partial charge in [-0.25, -0.2) is 9.67 Å². The Morgan fingerprint density at radius 3 is 2.03 bits per heavy atom. The van der Waals surface area contributed by atoms with Gasteiger partial charge in [-0.05, 0) is 17.7 Å². The van der Waals surface area contributed by atoms with Crippen LogP contribution in [-0.2, 0) is 0 Å². The van der Waals surface area contributed by atoms with Crippen LogP contribution in [0.15, 0.2) is 116 Å². The fraction of sp³-hybridized carbons (Fsp3) is 0.0400. The van der Waals surface area contributed by atoms with Crippen LogP contribution in [0.1, 0.15) is 17.2 Å². The Morgan fingerprint density at radius 2 is 1.38 bits per heavy atom. The van der Waals surface area contributed by atoms with Crippen molar-refractivity contribution in [3.05, 3.63) is 127 Å². The topological polar surface area (TPSA) is 35.6 Å². The standard InChI is InChI=1S/C25H20N4/c1-4-10-20(11-5-1)24(28-17-16-26-19-28)23-18-27-29(22-14-8-3-9-15-22)25(23)21-12-6-2-7-13-21/h1-19,24H. The van der Waals surface area contributed by atoms with Crippen molar-refractivity contribution in [1.29, 1.82) is 0 Å². The fourth-order valence-electron chi connectivity index (χ4n) is 3.78. The van der Waals surface area contributed by atoms with Crippen LogP contribution in [-0.4, -0.2) is 19.3 Å². The summed E-state index contributed by atoms with van der Waals surface area (Å²) in [5.74, 6) is 0. The first kappa shape index (κ1) is 17.2. The quantitative estimate of drug-likeness (QED) is 0.413. The molecule has 0 bridgehead atoms. The van der Waals surface area contributed by atoms with Gasteiger partial charge in [-0.15, -0.1) is 0 Å². The van der Waals surface area contributed by atoms with Crippen LogP contribution in [0.25, 0.3) is 16.9 Å². The van der Waals surface area contributed by atoms with Gasteiger partial charge in [0, 0.05) is 23.5 Å². The van der Waals surface area contributed by atoms with E-state index in [0.717, 1.165) is 22.5 Å². The average molecular weight is 376 g/mol. The number of hydrogen-bond donors (Lipinski definition) is 0. The summed E-state index contributed by atoms with van der Waals surface area (Å²) < 4.78 is 4.16. The van der Waals surface area contributed by atoms with Crippen LogP contribution < -0.4 is 0 Å². The summed E-state index contributed by atoms with van der Waals surface area (Å²) in [6.45, 7) is 0. The lowest BCUT2D eigenvalue weighted by atomic mass is 9.96. The molecular formula is C25H20N4. The molecule has 1 unspecified atom stereocenters. The van der Waals surface area contributed by atoms with E-state index in [2.05, 4.69) is 70.2 Å². The van der Waals surface area contributed by atoms with Crippen molar-refractivity contribution in [2.24, 2.45) is 0 Å². The summed E-state index contributed by atoms with van der Waals surface area (Å²) in [4.78, 5) is 4.30. The van der Waals surface area contributed by atoms with E-state index in [4.69, 9.17) is 5.10 Å². The van der Waals surface area contributed by atoms with Gasteiger partial charge in [0.2, 0.25) is 0 Å². The minimum absolute atomic E-state index is 0.0219. The molecule has 2 heterocycles. The first-order valence-electron chi connectivity index (χ1n) is 9.63. The monoisotopic (exact) mass is 376 g/mol. The Balaban J connectivity index is 1.77. The number of hydrogen-bond acceptors (Lipinski definition) is 2. The van der Waals surface area contributed by atoms with Crippen LogP contribution in [0.4, 0.5) is 0 Å². The maximum Gasteiger partial charge on any atom is 0.0954 e. The minimum Gasteiger partial charge on any atom is -0.326 e. The summed E-state index contributed by atoms with van der Waals surface area (Å²) in [5.41, 5.74) is 5.57. The smallest absolute Gasteiger partial charge is 0.0954 e. The lowest BCUT2D eigenvalue weighted by Crippen LogP contribution is -2.12. The van der Waals surface area contributed by atoms with Crippen LogP contribution in [0.3, 0.4) is 0 Å². The summed E-state index contributed by atoms with van der Waals surface area (Å²) in [6.07, 6.45) is 7.67. The van der Waals surface area contributed by atoms with E-state index in [9.17, 15) is 0 Å². The van der Waals surface area contributed by atoms with E-state index in [1.807, 2.05) is 59.9 Å². The Hall–Kier alpha value is -3.92.